The summed E-state index contributed by atoms with van der Waals surface area (Å²) in [5.74, 6) is 1.96. The van der Waals surface area contributed by atoms with Crippen LogP contribution >= 0.6 is 11.6 Å². The number of nitrogen functional groups attached to an aromatic ring is 1. The van der Waals surface area contributed by atoms with Crippen molar-refractivity contribution in [2.45, 2.75) is 25.4 Å². The first-order valence-electron chi connectivity index (χ1n) is 14.7. The second-order valence-corrected chi connectivity index (χ2v) is 11.4. The van der Waals surface area contributed by atoms with E-state index < -0.39 is 0 Å². The molecule has 6 aromatic rings. The number of piperidine rings is 1. The number of anilines is 2. The molecule has 222 valence electrons. The highest BCUT2D eigenvalue weighted by Gasteiger charge is 2.21. The summed E-state index contributed by atoms with van der Waals surface area (Å²) in [4.78, 5) is 25.0. The molecule has 0 amide bonds. The number of fused-ring (bicyclic) bond motifs is 1. The minimum Gasteiger partial charge on any atom is -0.383 e. The van der Waals surface area contributed by atoms with Gasteiger partial charge in [-0.15, -0.1) is 0 Å². The second kappa shape index (κ2) is 12.3. The molecule has 0 saturated carbocycles. The standard InChI is InChI=1S/C34H29ClN10/c35-24-4-1-3-23(19-24)28-10-11-29-34(41-28)45(33(42-29)27-5-2-15-39-32(27)37)26-8-6-22(7-9-26)21-44-17-13-25(14-18-44)40-30-12-16-38-31(20-36)43-30/h1-12,15-16,19,25H,13-14,17-18,21H2,(H2,37,39)(H,38,40,43). The molecular weight excluding hydrogens is 584 g/mol. The van der Waals surface area contributed by atoms with Crippen molar-refractivity contribution in [1.29, 1.82) is 5.26 Å². The van der Waals surface area contributed by atoms with Gasteiger partial charge < -0.3 is 11.1 Å². The van der Waals surface area contributed by atoms with E-state index in [1.807, 2.05) is 59.2 Å². The van der Waals surface area contributed by atoms with E-state index in [0.717, 1.165) is 66.1 Å². The highest BCUT2D eigenvalue weighted by molar-refractivity contribution is 6.30. The number of aromatic nitrogens is 6. The predicted molar refractivity (Wildman–Crippen MR) is 176 cm³/mol. The van der Waals surface area contributed by atoms with Crippen LogP contribution in [0.3, 0.4) is 0 Å². The fourth-order valence-corrected chi connectivity index (χ4v) is 5.93. The van der Waals surface area contributed by atoms with Crippen molar-refractivity contribution in [3.8, 4) is 34.4 Å². The molecule has 10 nitrogen and oxygen atoms in total. The van der Waals surface area contributed by atoms with Crippen LogP contribution in [0, 0.1) is 11.3 Å². The second-order valence-electron chi connectivity index (χ2n) is 11.0. The van der Waals surface area contributed by atoms with Crippen molar-refractivity contribution in [2.24, 2.45) is 0 Å². The van der Waals surface area contributed by atoms with E-state index in [9.17, 15) is 0 Å². The fourth-order valence-electron chi connectivity index (χ4n) is 5.74. The van der Waals surface area contributed by atoms with Crippen LogP contribution in [0.25, 0.3) is 39.5 Å². The lowest BCUT2D eigenvalue weighted by atomic mass is 10.0. The van der Waals surface area contributed by atoms with Crippen LogP contribution in [-0.4, -0.2) is 53.5 Å². The first kappa shape index (κ1) is 28.4. The van der Waals surface area contributed by atoms with Gasteiger partial charge in [-0.05, 0) is 73.0 Å². The Morgan fingerprint density at radius 2 is 1.76 bits per heavy atom. The van der Waals surface area contributed by atoms with Gasteiger partial charge in [-0.3, -0.25) is 9.47 Å². The zero-order chi connectivity index (χ0) is 30.8. The number of halogens is 1. The fraction of sp³-hybridized carbons (Fsp3) is 0.176. The van der Waals surface area contributed by atoms with Gasteiger partial charge in [0.15, 0.2) is 11.5 Å². The first-order valence-corrected chi connectivity index (χ1v) is 15.1. The lowest BCUT2D eigenvalue weighted by Gasteiger charge is -2.32. The zero-order valence-corrected chi connectivity index (χ0v) is 25.1. The lowest BCUT2D eigenvalue weighted by molar-refractivity contribution is 0.211. The summed E-state index contributed by atoms with van der Waals surface area (Å²) in [6.07, 6.45) is 5.26. The van der Waals surface area contributed by atoms with E-state index in [1.54, 1.807) is 18.5 Å². The maximum atomic E-state index is 9.07. The van der Waals surface area contributed by atoms with Crippen molar-refractivity contribution in [1.82, 2.24) is 34.4 Å². The molecule has 0 unspecified atom stereocenters. The van der Waals surface area contributed by atoms with Gasteiger partial charge in [0.2, 0.25) is 5.82 Å². The van der Waals surface area contributed by atoms with Gasteiger partial charge in [0, 0.05) is 54.3 Å². The number of nitriles is 1. The average Bonchev–Trinajstić information content (AvgIpc) is 3.45. The maximum Gasteiger partial charge on any atom is 0.234 e. The summed E-state index contributed by atoms with van der Waals surface area (Å²) in [6, 6.07) is 28.0. The van der Waals surface area contributed by atoms with Gasteiger partial charge >= 0.3 is 0 Å². The molecule has 11 heteroatoms. The smallest absolute Gasteiger partial charge is 0.234 e. The van der Waals surface area contributed by atoms with Crippen LogP contribution in [0.5, 0.6) is 0 Å². The number of pyridine rings is 2. The minimum atomic E-state index is 0.179. The van der Waals surface area contributed by atoms with E-state index in [-0.39, 0.29) is 5.82 Å². The summed E-state index contributed by atoms with van der Waals surface area (Å²) in [7, 11) is 0. The maximum absolute atomic E-state index is 9.07. The Morgan fingerprint density at radius 1 is 0.911 bits per heavy atom. The number of imidazole rings is 1. The number of likely N-dealkylation sites (tertiary alicyclic amines) is 1. The third-order valence-corrected chi connectivity index (χ3v) is 8.24. The molecule has 7 rings (SSSR count). The summed E-state index contributed by atoms with van der Waals surface area (Å²) in [6.45, 7) is 2.77. The largest absolute Gasteiger partial charge is 0.383 e. The number of nitrogens with two attached hydrogens (primary N) is 1. The monoisotopic (exact) mass is 612 g/mol. The molecule has 0 radical (unpaired) electrons. The number of rotatable bonds is 7. The Morgan fingerprint density at radius 3 is 2.53 bits per heavy atom. The molecule has 0 aliphatic carbocycles. The Kier molecular flexibility index (Phi) is 7.78. The van der Waals surface area contributed by atoms with Crippen LogP contribution in [0.1, 0.15) is 24.2 Å². The van der Waals surface area contributed by atoms with Crippen LogP contribution in [0.2, 0.25) is 5.02 Å². The number of nitrogens with one attached hydrogen (secondary N) is 1. The summed E-state index contributed by atoms with van der Waals surface area (Å²) >= 11 is 6.29. The Labute approximate surface area is 265 Å². The molecule has 2 aromatic carbocycles. The normalized spacial score (nSPS) is 14.0. The molecule has 1 aliphatic rings. The SMILES string of the molecule is N#Cc1nccc(NC2CCN(Cc3ccc(-n4c(-c5cccnc5N)nc5ccc(-c6cccc(Cl)c6)nc54)cc3)CC2)n1. The third-order valence-electron chi connectivity index (χ3n) is 8.00. The topological polar surface area (TPSA) is 134 Å². The van der Waals surface area contributed by atoms with Crippen molar-refractivity contribution in [3.63, 3.8) is 0 Å². The molecule has 1 fully saturated rings. The van der Waals surface area contributed by atoms with E-state index in [1.165, 1.54) is 5.56 Å². The molecule has 1 saturated heterocycles. The molecule has 5 heterocycles. The Balaban J connectivity index is 1.13. The highest BCUT2D eigenvalue weighted by Crippen LogP contribution is 2.32. The summed E-state index contributed by atoms with van der Waals surface area (Å²) in [5.41, 5.74) is 12.4. The van der Waals surface area contributed by atoms with Crippen molar-refractivity contribution in [2.75, 3.05) is 24.1 Å². The summed E-state index contributed by atoms with van der Waals surface area (Å²) in [5, 5.41) is 13.2. The third kappa shape index (κ3) is 6.04. The quantitative estimate of drug-likeness (QED) is 0.218. The molecule has 4 aromatic heterocycles. The van der Waals surface area contributed by atoms with E-state index in [0.29, 0.717) is 28.5 Å². The molecule has 0 bridgehead atoms. The van der Waals surface area contributed by atoms with Crippen molar-refractivity contribution in [3.05, 3.63) is 108 Å². The van der Waals surface area contributed by atoms with Crippen LogP contribution in [0.15, 0.2) is 91.3 Å². The first-order chi connectivity index (χ1) is 22.0. The molecule has 1 aliphatic heterocycles. The number of nitrogens with zero attached hydrogens (tertiary/aromatic N) is 8. The van der Waals surface area contributed by atoms with Gasteiger partial charge in [-0.25, -0.2) is 24.9 Å². The molecule has 3 N–H and O–H groups in total. The van der Waals surface area contributed by atoms with Crippen molar-refractivity contribution < 1.29 is 0 Å². The molecule has 45 heavy (non-hydrogen) atoms. The Hall–Kier alpha value is -5.37. The van der Waals surface area contributed by atoms with Gasteiger partial charge in [-0.2, -0.15) is 5.26 Å². The minimum absolute atomic E-state index is 0.179. The van der Waals surface area contributed by atoms with Crippen molar-refractivity contribution >= 4 is 34.4 Å². The van der Waals surface area contributed by atoms with Gasteiger partial charge in [0.25, 0.3) is 0 Å². The highest BCUT2D eigenvalue weighted by atomic mass is 35.5. The Bertz CT molecular complexity index is 2020. The van der Waals surface area contributed by atoms with Gasteiger partial charge in [0.1, 0.15) is 23.2 Å². The van der Waals surface area contributed by atoms with E-state index >= 15 is 0 Å². The van der Waals surface area contributed by atoms with Crippen LogP contribution in [0.4, 0.5) is 11.6 Å². The number of hydrogen-bond acceptors (Lipinski definition) is 9. The zero-order valence-electron chi connectivity index (χ0n) is 24.3. The summed E-state index contributed by atoms with van der Waals surface area (Å²) < 4.78 is 2.04. The molecular formula is C34H29ClN10. The molecule has 0 spiro atoms. The van der Waals surface area contributed by atoms with Gasteiger partial charge in [-0.1, -0.05) is 35.9 Å². The van der Waals surface area contributed by atoms with Crippen LogP contribution in [-0.2, 0) is 6.54 Å². The number of hydrogen-bond donors (Lipinski definition) is 2. The van der Waals surface area contributed by atoms with Gasteiger partial charge in [0.05, 0.1) is 11.3 Å². The average molecular weight is 613 g/mol. The van der Waals surface area contributed by atoms with E-state index in [4.69, 9.17) is 32.6 Å². The molecule has 0 atom stereocenters. The van der Waals surface area contributed by atoms with E-state index in [2.05, 4.69) is 49.4 Å². The predicted octanol–water partition coefficient (Wildman–Crippen LogP) is 6.12. The lowest BCUT2D eigenvalue weighted by Crippen LogP contribution is -2.38. The number of benzene rings is 2. The van der Waals surface area contributed by atoms with Crippen LogP contribution < -0.4 is 11.1 Å².